The molecule has 0 amide bonds. The first kappa shape index (κ1) is 34.6. The molecule has 4 heteroatoms. The van der Waals surface area contributed by atoms with Crippen LogP contribution in [0.4, 0.5) is 22.7 Å². The second kappa shape index (κ2) is 14.6. The molecule has 6 aromatic rings. The van der Waals surface area contributed by atoms with Crippen LogP contribution in [-0.2, 0) is 0 Å². The number of anilines is 4. The molecule has 0 heterocycles. The van der Waals surface area contributed by atoms with E-state index in [2.05, 4.69) is 143 Å². The summed E-state index contributed by atoms with van der Waals surface area (Å²) in [5.74, 6) is 0.0719. The van der Waals surface area contributed by atoms with E-state index >= 15 is 0 Å². The molecule has 6 aromatic carbocycles. The number of hydrogen-bond acceptors (Lipinski definition) is 4. The van der Waals surface area contributed by atoms with Crippen molar-refractivity contribution in [1.29, 1.82) is 10.5 Å². The average Bonchev–Trinajstić information content (AvgIpc) is 3.30. The van der Waals surface area contributed by atoms with E-state index < -0.39 is 0 Å². The molecule has 58 heavy (non-hydrogen) atoms. The van der Waals surface area contributed by atoms with Gasteiger partial charge in [-0.1, -0.05) is 146 Å². The lowest BCUT2D eigenvalue weighted by atomic mass is 9.63. The Balaban J connectivity index is 1.10. The molecule has 0 spiro atoms. The highest BCUT2D eigenvalue weighted by molar-refractivity contribution is 5.83. The van der Waals surface area contributed by atoms with Gasteiger partial charge in [-0.05, 0) is 105 Å². The third-order valence-corrected chi connectivity index (χ3v) is 11.5. The summed E-state index contributed by atoms with van der Waals surface area (Å²) in [6.07, 6.45) is 18.0. The van der Waals surface area contributed by atoms with E-state index in [0.29, 0.717) is 11.1 Å². The quantitative estimate of drug-likeness (QED) is 0.156. The van der Waals surface area contributed by atoms with Crippen LogP contribution in [-0.4, -0.2) is 0 Å². The van der Waals surface area contributed by atoms with Crippen molar-refractivity contribution < 1.29 is 0 Å². The molecule has 0 saturated carbocycles. The van der Waals surface area contributed by atoms with Crippen molar-refractivity contribution in [2.75, 3.05) is 9.80 Å². The standard InChI is InChI=1S/C54H36N4/c55-35-43-33-41(37-13-5-1-6-14-37)25-29-49(43)57(45-17-9-3-10-18-45)51-31-23-39-22-28-48-52(32-24-40-21-27-47(51)53(39)54(40)48)58(46-19-11-4-12-20-46)50-30-26-42(34-44(50)36-56)38-15-7-2-8-16-38/h1-34,53-54H. The van der Waals surface area contributed by atoms with Gasteiger partial charge in [0.1, 0.15) is 12.1 Å². The van der Waals surface area contributed by atoms with Crippen molar-refractivity contribution in [2.24, 2.45) is 11.8 Å². The topological polar surface area (TPSA) is 54.1 Å². The molecule has 272 valence electrons. The third kappa shape index (κ3) is 5.93. The second-order valence-corrected chi connectivity index (χ2v) is 14.7. The highest BCUT2D eigenvalue weighted by atomic mass is 15.2. The smallest absolute Gasteiger partial charge is 0.101 e. The fourth-order valence-corrected chi connectivity index (χ4v) is 8.88. The van der Waals surface area contributed by atoms with Gasteiger partial charge in [0, 0.05) is 23.2 Å². The Bertz CT molecular complexity index is 2900. The van der Waals surface area contributed by atoms with Crippen LogP contribution < -0.4 is 9.80 Å². The van der Waals surface area contributed by atoms with Gasteiger partial charge in [-0.25, -0.2) is 0 Å². The van der Waals surface area contributed by atoms with Crippen LogP contribution in [0, 0.1) is 34.5 Å². The van der Waals surface area contributed by atoms with Crippen LogP contribution in [0.2, 0.25) is 0 Å². The Hall–Kier alpha value is -7.92. The summed E-state index contributed by atoms with van der Waals surface area (Å²) in [7, 11) is 0. The zero-order chi connectivity index (χ0) is 39.0. The van der Waals surface area contributed by atoms with E-state index in [-0.39, 0.29) is 11.8 Å². The summed E-state index contributed by atoms with van der Waals surface area (Å²) in [5.41, 5.74) is 15.9. The molecule has 0 aromatic heterocycles. The van der Waals surface area contributed by atoms with Gasteiger partial charge in [0.2, 0.25) is 0 Å². The minimum absolute atomic E-state index is 0.0359. The summed E-state index contributed by atoms with van der Waals surface area (Å²) in [5, 5.41) is 21.3. The Morgan fingerprint density at radius 3 is 1.47 bits per heavy atom. The molecule has 0 saturated heterocycles. The molecule has 4 aliphatic carbocycles. The summed E-state index contributed by atoms with van der Waals surface area (Å²) < 4.78 is 0. The molecule has 0 bridgehead atoms. The van der Waals surface area contributed by atoms with Crippen molar-refractivity contribution in [1.82, 2.24) is 0 Å². The Morgan fingerprint density at radius 1 is 0.414 bits per heavy atom. The van der Waals surface area contributed by atoms with Crippen LogP contribution in [0.25, 0.3) is 22.3 Å². The largest absolute Gasteiger partial charge is 0.309 e. The summed E-state index contributed by atoms with van der Waals surface area (Å²) in [6.45, 7) is 0. The first-order valence-corrected chi connectivity index (χ1v) is 19.5. The molecule has 2 unspecified atom stereocenters. The minimum Gasteiger partial charge on any atom is -0.309 e. The molecule has 0 fully saturated rings. The zero-order valence-corrected chi connectivity index (χ0v) is 31.6. The van der Waals surface area contributed by atoms with Gasteiger partial charge in [-0.3, -0.25) is 0 Å². The Labute approximate surface area is 339 Å². The molecule has 4 nitrogen and oxygen atoms in total. The van der Waals surface area contributed by atoms with Crippen molar-refractivity contribution in [3.63, 3.8) is 0 Å². The second-order valence-electron chi connectivity index (χ2n) is 14.7. The van der Waals surface area contributed by atoms with E-state index in [9.17, 15) is 10.5 Å². The molecule has 4 aliphatic rings. The van der Waals surface area contributed by atoms with E-state index in [4.69, 9.17) is 0 Å². The van der Waals surface area contributed by atoms with E-state index in [1.165, 1.54) is 22.3 Å². The predicted molar refractivity (Wildman–Crippen MR) is 235 cm³/mol. The number of benzene rings is 6. The molecular weight excluding hydrogens is 705 g/mol. The average molecular weight is 741 g/mol. The molecular formula is C54H36N4. The van der Waals surface area contributed by atoms with Crippen LogP contribution in [0.1, 0.15) is 11.1 Å². The maximum atomic E-state index is 10.7. The monoisotopic (exact) mass is 740 g/mol. The number of rotatable bonds is 8. The van der Waals surface area contributed by atoms with Gasteiger partial charge in [-0.2, -0.15) is 10.5 Å². The fraction of sp³-hybridized carbons (Fsp3) is 0.0370. The first-order chi connectivity index (χ1) is 28.7. The maximum absolute atomic E-state index is 10.7. The van der Waals surface area contributed by atoms with Gasteiger partial charge >= 0.3 is 0 Å². The minimum atomic E-state index is 0.0359. The highest BCUT2D eigenvalue weighted by Gasteiger charge is 2.43. The van der Waals surface area contributed by atoms with Gasteiger partial charge in [0.25, 0.3) is 0 Å². The first-order valence-electron chi connectivity index (χ1n) is 19.5. The Kier molecular flexibility index (Phi) is 8.71. The van der Waals surface area contributed by atoms with E-state index in [1.54, 1.807) is 0 Å². The Morgan fingerprint density at radius 2 is 0.897 bits per heavy atom. The summed E-state index contributed by atoms with van der Waals surface area (Å²) in [4.78, 5) is 4.49. The molecule has 2 atom stereocenters. The van der Waals surface area contributed by atoms with Gasteiger partial charge < -0.3 is 9.80 Å². The van der Waals surface area contributed by atoms with Gasteiger partial charge in [0.15, 0.2) is 0 Å². The maximum Gasteiger partial charge on any atom is 0.101 e. The van der Waals surface area contributed by atoms with Gasteiger partial charge in [0.05, 0.1) is 33.9 Å². The normalized spacial score (nSPS) is 17.1. The molecule has 0 radical (unpaired) electrons. The van der Waals surface area contributed by atoms with E-state index in [1.807, 2.05) is 84.9 Å². The number of allylic oxidation sites excluding steroid dienone is 12. The van der Waals surface area contributed by atoms with Crippen LogP contribution in [0.15, 0.2) is 240 Å². The van der Waals surface area contributed by atoms with Crippen molar-refractivity contribution in [3.8, 4) is 34.4 Å². The molecule has 10 rings (SSSR count). The highest BCUT2D eigenvalue weighted by Crippen LogP contribution is 2.54. The van der Waals surface area contributed by atoms with Crippen molar-refractivity contribution in [3.05, 3.63) is 251 Å². The lowest BCUT2D eigenvalue weighted by molar-refractivity contribution is 0.551. The van der Waals surface area contributed by atoms with Crippen LogP contribution >= 0.6 is 0 Å². The van der Waals surface area contributed by atoms with Crippen molar-refractivity contribution in [2.45, 2.75) is 0 Å². The van der Waals surface area contributed by atoms with Gasteiger partial charge in [-0.15, -0.1) is 0 Å². The predicted octanol–water partition coefficient (Wildman–Crippen LogP) is 13.1. The summed E-state index contributed by atoms with van der Waals surface area (Å²) >= 11 is 0. The number of nitriles is 2. The lowest BCUT2D eigenvalue weighted by Gasteiger charge is -2.45. The van der Waals surface area contributed by atoms with Crippen molar-refractivity contribution >= 4 is 22.7 Å². The summed E-state index contributed by atoms with van der Waals surface area (Å²) in [6, 6.07) is 58.6. The molecule has 0 aliphatic heterocycles. The van der Waals surface area contributed by atoms with Crippen LogP contribution in [0.3, 0.4) is 0 Å². The van der Waals surface area contributed by atoms with E-state index in [0.717, 1.165) is 56.4 Å². The number of nitrogens with zero attached hydrogens (tertiary/aromatic N) is 4. The number of hydrogen-bond donors (Lipinski definition) is 0. The fourth-order valence-electron chi connectivity index (χ4n) is 8.88. The third-order valence-electron chi connectivity index (χ3n) is 11.5. The lowest BCUT2D eigenvalue weighted by Crippen LogP contribution is -2.35. The SMILES string of the molecule is N#Cc1cc(-c2ccccc2)ccc1N(C1=CC=C2C=CC3=C(N(c4ccccc4)c4ccc(-c5ccccc5)cc4C#N)C=CC4=CC=C1C2C43)c1ccccc1. The zero-order valence-electron chi connectivity index (χ0n) is 31.6. The molecule has 0 N–H and O–H groups in total. The number of para-hydroxylation sites is 2. The van der Waals surface area contributed by atoms with Crippen LogP contribution in [0.5, 0.6) is 0 Å².